The largest absolute Gasteiger partial charge is 0.322 e. The molecule has 3 aromatic carbocycles. The Morgan fingerprint density at radius 1 is 0.815 bits per heavy atom. The van der Waals surface area contributed by atoms with Gasteiger partial charge in [0.05, 0.1) is 5.02 Å². The lowest BCUT2D eigenvalue weighted by Gasteiger charge is -2.09. The molecule has 0 radical (unpaired) electrons. The normalized spacial score (nSPS) is 10.3. The van der Waals surface area contributed by atoms with Crippen LogP contribution in [0.4, 0.5) is 15.8 Å². The number of benzene rings is 3. The summed E-state index contributed by atoms with van der Waals surface area (Å²) in [6, 6.07) is 17.6. The van der Waals surface area contributed by atoms with E-state index in [1.165, 1.54) is 18.2 Å². The Morgan fingerprint density at radius 3 is 2.11 bits per heavy atom. The molecule has 0 bridgehead atoms. The first kappa shape index (κ1) is 18.6. The van der Waals surface area contributed by atoms with Crippen LogP contribution in [0.1, 0.15) is 26.3 Å². The molecule has 0 spiro atoms. The Labute approximate surface area is 161 Å². The van der Waals surface area contributed by atoms with Gasteiger partial charge >= 0.3 is 0 Å². The van der Waals surface area contributed by atoms with Gasteiger partial charge < -0.3 is 10.6 Å². The van der Waals surface area contributed by atoms with Crippen molar-refractivity contribution in [3.05, 3.63) is 94.3 Å². The molecule has 0 saturated carbocycles. The van der Waals surface area contributed by atoms with Gasteiger partial charge in [0.25, 0.3) is 11.8 Å². The maximum Gasteiger partial charge on any atom is 0.255 e. The maximum atomic E-state index is 13.2. The molecular weight excluding hydrogens is 367 g/mol. The lowest BCUT2D eigenvalue weighted by molar-refractivity contribution is 0.101. The molecule has 27 heavy (non-hydrogen) atoms. The Kier molecular flexibility index (Phi) is 5.52. The summed E-state index contributed by atoms with van der Waals surface area (Å²) in [6.45, 7) is 1.94. The molecule has 4 nitrogen and oxygen atoms in total. The third-order valence-corrected chi connectivity index (χ3v) is 4.16. The van der Waals surface area contributed by atoms with Crippen molar-refractivity contribution in [1.82, 2.24) is 0 Å². The third kappa shape index (κ3) is 4.71. The van der Waals surface area contributed by atoms with Gasteiger partial charge in [0.15, 0.2) is 0 Å². The third-order valence-electron chi connectivity index (χ3n) is 3.87. The molecule has 0 aliphatic rings. The Bertz CT molecular complexity index is 1000. The minimum absolute atomic E-state index is 0.0769. The van der Waals surface area contributed by atoms with Crippen LogP contribution < -0.4 is 10.6 Å². The minimum atomic E-state index is -0.560. The van der Waals surface area contributed by atoms with E-state index in [2.05, 4.69) is 10.6 Å². The van der Waals surface area contributed by atoms with Gasteiger partial charge in [0, 0.05) is 22.5 Å². The number of halogens is 2. The highest BCUT2D eigenvalue weighted by Crippen LogP contribution is 2.20. The van der Waals surface area contributed by atoms with Crippen LogP contribution in [-0.4, -0.2) is 11.8 Å². The van der Waals surface area contributed by atoms with Crippen molar-refractivity contribution < 1.29 is 14.0 Å². The summed E-state index contributed by atoms with van der Waals surface area (Å²) in [5.74, 6) is -1.22. The van der Waals surface area contributed by atoms with Gasteiger partial charge in [-0.25, -0.2) is 4.39 Å². The summed E-state index contributed by atoms with van der Waals surface area (Å²) in [4.78, 5) is 24.7. The number of amides is 2. The van der Waals surface area contributed by atoms with E-state index in [-0.39, 0.29) is 10.9 Å². The van der Waals surface area contributed by atoms with Gasteiger partial charge in [-0.1, -0.05) is 35.4 Å². The highest BCUT2D eigenvalue weighted by Gasteiger charge is 2.10. The van der Waals surface area contributed by atoms with Crippen molar-refractivity contribution in [3.8, 4) is 0 Å². The predicted octanol–water partition coefficient (Wildman–Crippen LogP) is 5.29. The van der Waals surface area contributed by atoms with E-state index < -0.39 is 11.7 Å². The Morgan fingerprint density at radius 2 is 1.44 bits per heavy atom. The highest BCUT2D eigenvalue weighted by atomic mass is 35.5. The zero-order chi connectivity index (χ0) is 19.4. The summed E-state index contributed by atoms with van der Waals surface area (Å²) in [5, 5.41) is 5.33. The molecular formula is C21H16ClFN2O2. The second kappa shape index (κ2) is 8.01. The van der Waals surface area contributed by atoms with Crippen molar-refractivity contribution in [1.29, 1.82) is 0 Å². The summed E-state index contributed by atoms with van der Waals surface area (Å²) in [7, 11) is 0. The number of carbonyl (C=O) groups excluding carboxylic acids is 2. The molecule has 0 aromatic heterocycles. The monoisotopic (exact) mass is 382 g/mol. The van der Waals surface area contributed by atoms with E-state index in [0.717, 1.165) is 5.56 Å². The van der Waals surface area contributed by atoms with E-state index in [1.807, 2.05) is 19.1 Å². The summed E-state index contributed by atoms with van der Waals surface area (Å²) >= 11 is 5.72. The zero-order valence-corrected chi connectivity index (χ0v) is 15.2. The number of anilines is 2. The molecule has 136 valence electrons. The summed E-state index contributed by atoms with van der Waals surface area (Å²) < 4.78 is 13.2. The Balaban J connectivity index is 1.72. The number of hydrogen-bond donors (Lipinski definition) is 2. The molecule has 0 unspecified atom stereocenters. The first-order valence-electron chi connectivity index (χ1n) is 8.17. The van der Waals surface area contributed by atoms with Crippen molar-refractivity contribution in [2.75, 3.05) is 10.6 Å². The van der Waals surface area contributed by atoms with Crippen molar-refractivity contribution >= 4 is 34.8 Å². The Hall–Kier alpha value is -3.18. The summed E-state index contributed by atoms with van der Waals surface area (Å²) in [5.41, 5.74) is 2.80. The quantitative estimate of drug-likeness (QED) is 0.644. The van der Waals surface area contributed by atoms with E-state index in [9.17, 15) is 14.0 Å². The van der Waals surface area contributed by atoms with Gasteiger partial charge in [-0.3, -0.25) is 9.59 Å². The number of carbonyl (C=O) groups is 2. The fourth-order valence-electron chi connectivity index (χ4n) is 2.42. The van der Waals surface area contributed by atoms with E-state index in [0.29, 0.717) is 22.5 Å². The van der Waals surface area contributed by atoms with Crippen LogP contribution in [0, 0.1) is 12.7 Å². The van der Waals surface area contributed by atoms with Crippen LogP contribution in [0.25, 0.3) is 0 Å². The number of nitrogens with one attached hydrogen (secondary N) is 2. The topological polar surface area (TPSA) is 58.2 Å². The van der Waals surface area contributed by atoms with Crippen LogP contribution in [-0.2, 0) is 0 Å². The standard InChI is InChI=1S/C21H16ClFN2O2/c1-13-5-7-14(8-6-13)20(26)24-16-4-2-3-15(11-16)21(27)25-17-9-10-19(23)18(22)12-17/h2-12H,1H3,(H,24,26)(H,25,27). The van der Waals surface area contributed by atoms with E-state index in [1.54, 1.807) is 36.4 Å². The lowest BCUT2D eigenvalue weighted by atomic mass is 10.1. The number of hydrogen-bond acceptors (Lipinski definition) is 2. The highest BCUT2D eigenvalue weighted by molar-refractivity contribution is 6.31. The van der Waals surface area contributed by atoms with Crippen molar-refractivity contribution in [2.45, 2.75) is 6.92 Å². The van der Waals surface area contributed by atoms with Gasteiger partial charge in [-0.05, 0) is 55.5 Å². The predicted molar refractivity (Wildman–Crippen MR) is 105 cm³/mol. The van der Waals surface area contributed by atoms with Gasteiger partial charge in [-0.2, -0.15) is 0 Å². The van der Waals surface area contributed by atoms with E-state index in [4.69, 9.17) is 11.6 Å². The van der Waals surface area contributed by atoms with Gasteiger partial charge in [-0.15, -0.1) is 0 Å². The second-order valence-electron chi connectivity index (χ2n) is 5.98. The molecule has 0 aliphatic carbocycles. The molecule has 0 aliphatic heterocycles. The van der Waals surface area contributed by atoms with E-state index >= 15 is 0 Å². The van der Waals surface area contributed by atoms with Gasteiger partial charge in [0.1, 0.15) is 5.82 Å². The first-order valence-corrected chi connectivity index (χ1v) is 8.54. The van der Waals surface area contributed by atoms with Crippen LogP contribution in [0.3, 0.4) is 0 Å². The number of rotatable bonds is 4. The maximum absolute atomic E-state index is 13.2. The van der Waals surface area contributed by atoms with Crippen LogP contribution in [0.5, 0.6) is 0 Å². The molecule has 6 heteroatoms. The molecule has 3 aromatic rings. The fourth-order valence-corrected chi connectivity index (χ4v) is 2.60. The molecule has 3 rings (SSSR count). The number of aryl methyl sites for hydroxylation is 1. The molecule has 2 N–H and O–H groups in total. The average molecular weight is 383 g/mol. The van der Waals surface area contributed by atoms with Crippen molar-refractivity contribution in [3.63, 3.8) is 0 Å². The zero-order valence-electron chi connectivity index (χ0n) is 14.4. The first-order chi connectivity index (χ1) is 12.9. The van der Waals surface area contributed by atoms with Crippen LogP contribution in [0.2, 0.25) is 5.02 Å². The molecule has 2 amide bonds. The SMILES string of the molecule is Cc1ccc(C(=O)Nc2cccc(C(=O)Nc3ccc(F)c(Cl)c3)c2)cc1. The summed E-state index contributed by atoms with van der Waals surface area (Å²) in [6.07, 6.45) is 0. The van der Waals surface area contributed by atoms with Crippen LogP contribution >= 0.6 is 11.6 Å². The molecule has 0 atom stereocenters. The molecule has 0 fully saturated rings. The van der Waals surface area contributed by atoms with Gasteiger partial charge in [0.2, 0.25) is 0 Å². The molecule has 0 heterocycles. The fraction of sp³-hybridized carbons (Fsp3) is 0.0476. The average Bonchev–Trinajstić information content (AvgIpc) is 2.65. The lowest BCUT2D eigenvalue weighted by Crippen LogP contribution is -2.14. The second-order valence-corrected chi connectivity index (χ2v) is 6.39. The smallest absolute Gasteiger partial charge is 0.255 e. The van der Waals surface area contributed by atoms with Crippen molar-refractivity contribution in [2.24, 2.45) is 0 Å². The molecule has 0 saturated heterocycles. The van der Waals surface area contributed by atoms with Crippen LogP contribution in [0.15, 0.2) is 66.7 Å². The minimum Gasteiger partial charge on any atom is -0.322 e.